The number of rotatable bonds is 12. The van der Waals surface area contributed by atoms with Crippen LogP contribution in [0.4, 0.5) is 0 Å². The lowest BCUT2D eigenvalue weighted by atomic mass is 9.90. The van der Waals surface area contributed by atoms with E-state index in [4.69, 9.17) is 29.9 Å². The number of fused-ring (bicyclic) bond motifs is 18. The topological polar surface area (TPSA) is 87.2 Å². The summed E-state index contributed by atoms with van der Waals surface area (Å²) in [5.41, 5.74) is 22.3. The second-order valence-corrected chi connectivity index (χ2v) is 31.1. The largest absolute Gasteiger partial charge is 0.309 e. The molecule has 0 amide bonds. The second kappa shape index (κ2) is 29.9. The third kappa shape index (κ3) is 12.5. The summed E-state index contributed by atoms with van der Waals surface area (Å²) in [7, 11) is 0. The van der Waals surface area contributed by atoms with Crippen molar-refractivity contribution in [2.75, 3.05) is 0 Å². The van der Waals surface area contributed by atoms with E-state index in [1.807, 2.05) is 121 Å². The number of benzene rings is 20. The lowest BCUT2D eigenvalue weighted by molar-refractivity contribution is 1.07. The van der Waals surface area contributed by atoms with Gasteiger partial charge in [-0.15, -0.1) is 0 Å². The molecule has 0 atom stereocenters. The minimum absolute atomic E-state index is 0.646. The van der Waals surface area contributed by atoms with Crippen molar-refractivity contribution in [3.05, 3.63) is 437 Å². The molecule has 24 aromatic rings. The van der Waals surface area contributed by atoms with Crippen molar-refractivity contribution in [2.45, 2.75) is 0 Å². The molecule has 20 aromatic carbocycles. The Bertz CT molecular complexity index is 8040. The summed E-state index contributed by atoms with van der Waals surface area (Å²) in [5, 5.41) is 19.3. The van der Waals surface area contributed by atoms with Crippen LogP contribution in [0.5, 0.6) is 0 Å². The Hall–Kier alpha value is -16.4. The lowest BCUT2D eigenvalue weighted by Gasteiger charge is -2.14. The summed E-state index contributed by atoms with van der Waals surface area (Å²) in [6.07, 6.45) is 0. The Balaban J connectivity index is 0.000000142. The molecule has 4 aromatic heterocycles. The molecule has 0 N–H and O–H groups in total. The number of hydrogen-bond acceptors (Lipinski definition) is 6. The van der Waals surface area contributed by atoms with Crippen LogP contribution in [0.3, 0.4) is 0 Å². The van der Waals surface area contributed by atoms with E-state index < -0.39 is 0 Å². The molecule has 0 saturated carbocycles. The Morgan fingerprint density at radius 2 is 0.385 bits per heavy atom. The predicted octanol–water partition coefficient (Wildman–Crippen LogP) is 29.5. The lowest BCUT2D eigenvalue weighted by Crippen LogP contribution is -2.00. The van der Waals surface area contributed by atoms with Gasteiger partial charge in [0.05, 0.1) is 22.1 Å². The van der Waals surface area contributed by atoms with Crippen LogP contribution in [0.1, 0.15) is 0 Å². The van der Waals surface area contributed by atoms with E-state index in [0.717, 1.165) is 50.1 Å². The van der Waals surface area contributed by atoms with Gasteiger partial charge in [0.25, 0.3) is 0 Å². The highest BCUT2D eigenvalue weighted by Gasteiger charge is 2.24. The minimum atomic E-state index is 0.646. The van der Waals surface area contributed by atoms with E-state index in [2.05, 4.69) is 325 Å². The molecule has 0 aliphatic heterocycles. The van der Waals surface area contributed by atoms with E-state index in [1.165, 1.54) is 147 Å². The standard InChI is InChI=1S/2C57H36N4/c1-5-16-37(17-6-1)40-28-33-49-53(36-40)61(43-22-11-4-12-23-43)52-27-15-26-44(54(49)52)41-29-31-47-48-32-30-42(35-51(48)46-25-14-13-24-45(46)50(47)34-41)57-59-55(38-18-7-2-8-19-38)58-56(60-57)39-20-9-3-10-21-39;1-5-16-37(17-6-1)40-30-33-52-51(34-40)54-44(26-15-27-53(54)61(52)43-22-11-4-12-23-43)41-28-31-47-48-32-29-42(36-50(48)46-25-14-13-24-45(46)49(47)35-41)57-59-55(38-18-7-2-8-19-38)58-56(60-57)39-20-9-3-10-21-39/h2*1-36H. The first-order valence-corrected chi connectivity index (χ1v) is 41.4. The van der Waals surface area contributed by atoms with Crippen LogP contribution in [0, 0.1) is 0 Å². The number of aromatic nitrogens is 8. The smallest absolute Gasteiger partial charge is 0.164 e. The second-order valence-electron chi connectivity index (χ2n) is 31.1. The van der Waals surface area contributed by atoms with E-state index in [0.29, 0.717) is 34.9 Å². The highest BCUT2D eigenvalue weighted by molar-refractivity contribution is 6.29. The van der Waals surface area contributed by atoms with Gasteiger partial charge in [-0.25, -0.2) is 29.9 Å². The quantitative estimate of drug-likeness (QED) is 0.113. The van der Waals surface area contributed by atoms with Crippen molar-refractivity contribution in [1.29, 1.82) is 0 Å². The van der Waals surface area contributed by atoms with Gasteiger partial charge in [0.1, 0.15) is 0 Å². The van der Waals surface area contributed by atoms with Gasteiger partial charge in [-0.2, -0.15) is 0 Å². The number of para-hydroxylation sites is 2. The van der Waals surface area contributed by atoms with Crippen LogP contribution in [0.15, 0.2) is 437 Å². The minimum Gasteiger partial charge on any atom is -0.309 e. The van der Waals surface area contributed by atoms with Crippen LogP contribution in [0.2, 0.25) is 0 Å². The monoisotopic (exact) mass is 1550 g/mol. The summed E-state index contributed by atoms with van der Waals surface area (Å²) in [6.45, 7) is 0. The van der Waals surface area contributed by atoms with Crippen LogP contribution in [0.25, 0.3) is 232 Å². The van der Waals surface area contributed by atoms with Crippen molar-refractivity contribution in [3.8, 4) is 124 Å². The maximum Gasteiger partial charge on any atom is 0.164 e. The molecule has 4 heterocycles. The molecule has 122 heavy (non-hydrogen) atoms. The normalized spacial score (nSPS) is 11.6. The maximum atomic E-state index is 5.06. The molecule has 0 spiro atoms. The molecule has 0 aliphatic rings. The van der Waals surface area contributed by atoms with Crippen molar-refractivity contribution in [1.82, 2.24) is 39.0 Å². The van der Waals surface area contributed by atoms with Gasteiger partial charge in [-0.05, 0) is 188 Å². The zero-order valence-corrected chi connectivity index (χ0v) is 66.1. The fraction of sp³-hybridized carbons (Fsp3) is 0. The summed E-state index contributed by atoms with van der Waals surface area (Å²) in [6, 6.07) is 156. The zero-order chi connectivity index (χ0) is 80.6. The van der Waals surface area contributed by atoms with Crippen LogP contribution in [-0.4, -0.2) is 39.0 Å². The van der Waals surface area contributed by atoms with Crippen molar-refractivity contribution >= 4 is 108 Å². The van der Waals surface area contributed by atoms with E-state index in [1.54, 1.807) is 0 Å². The van der Waals surface area contributed by atoms with Gasteiger partial charge in [0.2, 0.25) is 0 Å². The molecule has 8 heteroatoms. The first-order valence-electron chi connectivity index (χ1n) is 41.4. The molecule has 0 saturated heterocycles. The van der Waals surface area contributed by atoms with Crippen molar-refractivity contribution in [3.63, 3.8) is 0 Å². The highest BCUT2D eigenvalue weighted by atomic mass is 15.0. The molecule has 568 valence electrons. The zero-order valence-electron chi connectivity index (χ0n) is 66.1. The Morgan fingerprint density at radius 3 is 0.754 bits per heavy atom. The van der Waals surface area contributed by atoms with Gasteiger partial charge >= 0.3 is 0 Å². The van der Waals surface area contributed by atoms with Gasteiger partial charge in [0, 0.05) is 66.3 Å². The molecule has 24 rings (SSSR count). The van der Waals surface area contributed by atoms with Gasteiger partial charge in [0.15, 0.2) is 34.9 Å². The molecule has 0 unspecified atom stereocenters. The van der Waals surface area contributed by atoms with Crippen LogP contribution < -0.4 is 0 Å². The molecule has 0 radical (unpaired) electrons. The van der Waals surface area contributed by atoms with Crippen molar-refractivity contribution < 1.29 is 0 Å². The average Bonchev–Trinajstić information content (AvgIpc) is 1.45. The molecule has 0 bridgehead atoms. The SMILES string of the molecule is c1ccc(-c2ccc3c(c2)c2c(-c4ccc5c6ccc(-c7nc(-c8ccccc8)nc(-c8ccccc8)n7)cc6c6ccccc6c5c4)cccc2n3-c2ccccc2)cc1.c1ccc(-c2ccc3c4c(-c5ccc6c7ccc(-c8nc(-c9ccccc9)nc(-c9ccccc9)n8)cc7c7ccccc7c6c5)cccc4n(-c4ccccc4)c3c2)cc1. The van der Waals surface area contributed by atoms with Gasteiger partial charge in [-0.1, -0.05) is 358 Å². The Labute approximate surface area is 703 Å². The Morgan fingerprint density at radius 1 is 0.131 bits per heavy atom. The fourth-order valence-corrected chi connectivity index (χ4v) is 18.4. The average molecular weight is 1550 g/mol. The highest BCUT2D eigenvalue weighted by Crippen LogP contribution is 2.47. The molecular weight excluding hydrogens is 1480 g/mol. The summed E-state index contributed by atoms with van der Waals surface area (Å²) in [4.78, 5) is 30.1. The molecule has 8 nitrogen and oxygen atoms in total. The van der Waals surface area contributed by atoms with Crippen LogP contribution >= 0.6 is 0 Å². The maximum absolute atomic E-state index is 5.06. The van der Waals surface area contributed by atoms with E-state index in [-0.39, 0.29) is 0 Å². The number of nitrogens with zero attached hydrogens (tertiary/aromatic N) is 8. The van der Waals surface area contributed by atoms with E-state index in [9.17, 15) is 0 Å². The fourth-order valence-electron chi connectivity index (χ4n) is 18.4. The predicted molar refractivity (Wildman–Crippen MR) is 508 cm³/mol. The molecule has 0 fully saturated rings. The summed E-state index contributed by atoms with van der Waals surface area (Å²) >= 11 is 0. The summed E-state index contributed by atoms with van der Waals surface area (Å²) in [5.74, 6) is 3.90. The summed E-state index contributed by atoms with van der Waals surface area (Å²) < 4.78 is 4.82. The first-order chi connectivity index (χ1) is 60.5. The third-order valence-electron chi connectivity index (χ3n) is 24.0. The number of hydrogen-bond donors (Lipinski definition) is 0. The van der Waals surface area contributed by atoms with Gasteiger partial charge in [-0.3, -0.25) is 0 Å². The Kier molecular flexibility index (Phi) is 17.4. The van der Waals surface area contributed by atoms with Crippen molar-refractivity contribution in [2.24, 2.45) is 0 Å². The van der Waals surface area contributed by atoms with Gasteiger partial charge < -0.3 is 9.13 Å². The first kappa shape index (κ1) is 70.9. The molecule has 0 aliphatic carbocycles. The third-order valence-corrected chi connectivity index (χ3v) is 24.0. The molecular formula is C114H72N8. The van der Waals surface area contributed by atoms with E-state index >= 15 is 0 Å². The van der Waals surface area contributed by atoms with Crippen LogP contribution in [-0.2, 0) is 0 Å².